The SMILES string of the molecule is COc1ccc(CCCCCCN)c(Cl)c1. The van der Waals surface area contributed by atoms with Crippen molar-refractivity contribution in [1.29, 1.82) is 0 Å². The third kappa shape index (κ3) is 4.42. The predicted octanol–water partition coefficient (Wildman–Crippen LogP) is 3.41. The van der Waals surface area contributed by atoms with Gasteiger partial charge in [0.05, 0.1) is 7.11 Å². The Balaban J connectivity index is 2.36. The van der Waals surface area contributed by atoms with Gasteiger partial charge in [-0.25, -0.2) is 0 Å². The Bertz CT molecular complexity index is 315. The summed E-state index contributed by atoms with van der Waals surface area (Å²) in [6, 6.07) is 5.88. The van der Waals surface area contributed by atoms with Crippen molar-refractivity contribution in [3.8, 4) is 5.75 Å². The minimum Gasteiger partial charge on any atom is -0.497 e. The zero-order valence-electron chi connectivity index (χ0n) is 9.84. The molecule has 0 aliphatic heterocycles. The van der Waals surface area contributed by atoms with E-state index < -0.39 is 0 Å². The number of ether oxygens (including phenoxy) is 1. The van der Waals surface area contributed by atoms with Crippen LogP contribution in [0.4, 0.5) is 0 Å². The number of rotatable bonds is 7. The van der Waals surface area contributed by atoms with E-state index in [2.05, 4.69) is 0 Å². The summed E-state index contributed by atoms with van der Waals surface area (Å²) in [5.41, 5.74) is 6.65. The lowest BCUT2D eigenvalue weighted by atomic mass is 10.1. The molecule has 0 spiro atoms. The number of benzene rings is 1. The Hall–Kier alpha value is -0.730. The lowest BCUT2D eigenvalue weighted by Gasteiger charge is -2.06. The molecule has 16 heavy (non-hydrogen) atoms. The van der Waals surface area contributed by atoms with Crippen molar-refractivity contribution in [2.24, 2.45) is 5.73 Å². The molecule has 0 heterocycles. The first kappa shape index (κ1) is 13.3. The molecule has 1 aromatic rings. The lowest BCUT2D eigenvalue weighted by molar-refractivity contribution is 0.414. The predicted molar refractivity (Wildman–Crippen MR) is 69.2 cm³/mol. The van der Waals surface area contributed by atoms with Crippen LogP contribution in [-0.2, 0) is 6.42 Å². The molecule has 90 valence electrons. The van der Waals surface area contributed by atoms with Crippen LogP contribution in [0.1, 0.15) is 31.2 Å². The molecule has 0 atom stereocenters. The summed E-state index contributed by atoms with van der Waals surface area (Å²) in [6.45, 7) is 0.795. The fourth-order valence-corrected chi connectivity index (χ4v) is 1.94. The summed E-state index contributed by atoms with van der Waals surface area (Å²) in [5.74, 6) is 0.817. The smallest absolute Gasteiger partial charge is 0.120 e. The second kappa shape index (κ2) is 7.53. The second-order valence-electron chi connectivity index (χ2n) is 3.91. The molecule has 0 aliphatic rings. The fourth-order valence-electron chi connectivity index (χ4n) is 1.67. The number of nitrogens with two attached hydrogens (primary N) is 1. The minimum absolute atomic E-state index is 0.795. The van der Waals surface area contributed by atoms with Crippen LogP contribution in [0.25, 0.3) is 0 Å². The molecule has 1 rings (SSSR count). The monoisotopic (exact) mass is 241 g/mol. The van der Waals surface area contributed by atoms with E-state index in [0.717, 1.165) is 30.2 Å². The lowest BCUT2D eigenvalue weighted by Crippen LogP contribution is -1.98. The number of halogens is 1. The van der Waals surface area contributed by atoms with Crippen LogP contribution in [-0.4, -0.2) is 13.7 Å². The van der Waals surface area contributed by atoms with Crippen molar-refractivity contribution in [3.05, 3.63) is 28.8 Å². The first-order chi connectivity index (χ1) is 7.77. The van der Waals surface area contributed by atoms with Gasteiger partial charge in [-0.1, -0.05) is 30.5 Å². The van der Waals surface area contributed by atoms with Crippen LogP contribution in [0.2, 0.25) is 5.02 Å². The van der Waals surface area contributed by atoms with Gasteiger partial charge in [-0.2, -0.15) is 0 Å². The molecule has 3 heteroatoms. The molecular formula is C13H20ClNO. The normalized spacial score (nSPS) is 10.4. The Kier molecular flexibility index (Phi) is 6.27. The Morgan fingerprint density at radius 3 is 2.56 bits per heavy atom. The van der Waals surface area contributed by atoms with E-state index in [1.54, 1.807) is 7.11 Å². The van der Waals surface area contributed by atoms with E-state index in [0.29, 0.717) is 0 Å². The third-order valence-corrected chi connectivity index (χ3v) is 3.01. The molecule has 0 fully saturated rings. The summed E-state index contributed by atoms with van der Waals surface area (Å²) in [6.07, 6.45) is 5.76. The average Bonchev–Trinajstić information content (AvgIpc) is 2.30. The average molecular weight is 242 g/mol. The number of hydrogen-bond acceptors (Lipinski definition) is 2. The summed E-state index contributed by atoms with van der Waals surface area (Å²) in [5, 5.41) is 0.804. The van der Waals surface area contributed by atoms with E-state index in [1.807, 2.05) is 18.2 Å². The molecular weight excluding hydrogens is 222 g/mol. The number of methoxy groups -OCH3 is 1. The molecule has 0 saturated carbocycles. The van der Waals surface area contributed by atoms with Crippen molar-refractivity contribution in [2.45, 2.75) is 32.1 Å². The fraction of sp³-hybridized carbons (Fsp3) is 0.538. The van der Waals surface area contributed by atoms with Crippen LogP contribution in [0.3, 0.4) is 0 Å². The first-order valence-corrected chi connectivity index (χ1v) is 6.18. The van der Waals surface area contributed by atoms with E-state index >= 15 is 0 Å². The van der Waals surface area contributed by atoms with Crippen LogP contribution in [0, 0.1) is 0 Å². The van der Waals surface area contributed by atoms with Gasteiger partial charge in [-0.3, -0.25) is 0 Å². The molecule has 0 bridgehead atoms. The van der Waals surface area contributed by atoms with E-state index in [1.165, 1.54) is 24.8 Å². The standard InChI is InChI=1S/C13H20ClNO/c1-16-12-8-7-11(13(14)10-12)6-4-2-3-5-9-15/h7-8,10H,2-6,9,15H2,1H3. The summed E-state index contributed by atoms with van der Waals surface area (Å²) in [7, 11) is 1.65. The van der Waals surface area contributed by atoms with Gasteiger partial charge in [0.1, 0.15) is 5.75 Å². The summed E-state index contributed by atoms with van der Waals surface area (Å²) < 4.78 is 5.11. The van der Waals surface area contributed by atoms with E-state index in [-0.39, 0.29) is 0 Å². The Morgan fingerprint density at radius 1 is 1.19 bits per heavy atom. The highest BCUT2D eigenvalue weighted by Gasteiger charge is 2.01. The first-order valence-electron chi connectivity index (χ1n) is 5.80. The molecule has 0 radical (unpaired) electrons. The summed E-state index contributed by atoms with van der Waals surface area (Å²) in [4.78, 5) is 0. The number of unbranched alkanes of at least 4 members (excludes halogenated alkanes) is 3. The van der Waals surface area contributed by atoms with Gasteiger partial charge in [0, 0.05) is 5.02 Å². The maximum absolute atomic E-state index is 6.15. The van der Waals surface area contributed by atoms with Gasteiger partial charge in [0.2, 0.25) is 0 Å². The number of aryl methyl sites for hydroxylation is 1. The highest BCUT2D eigenvalue weighted by molar-refractivity contribution is 6.31. The van der Waals surface area contributed by atoms with Gasteiger partial charge in [0.15, 0.2) is 0 Å². The molecule has 0 saturated heterocycles. The van der Waals surface area contributed by atoms with Gasteiger partial charge in [-0.05, 0) is 43.5 Å². The molecule has 0 amide bonds. The molecule has 0 unspecified atom stereocenters. The van der Waals surface area contributed by atoms with Crippen molar-refractivity contribution in [2.75, 3.05) is 13.7 Å². The molecule has 0 aromatic heterocycles. The molecule has 2 nitrogen and oxygen atoms in total. The third-order valence-electron chi connectivity index (χ3n) is 2.66. The van der Waals surface area contributed by atoms with Crippen molar-refractivity contribution < 1.29 is 4.74 Å². The van der Waals surface area contributed by atoms with Crippen LogP contribution >= 0.6 is 11.6 Å². The molecule has 0 aliphatic carbocycles. The number of hydrogen-bond donors (Lipinski definition) is 1. The quantitative estimate of drug-likeness (QED) is 0.743. The highest BCUT2D eigenvalue weighted by Crippen LogP contribution is 2.23. The van der Waals surface area contributed by atoms with E-state index in [4.69, 9.17) is 22.1 Å². The Labute approximate surface area is 103 Å². The van der Waals surface area contributed by atoms with Crippen molar-refractivity contribution in [1.82, 2.24) is 0 Å². The van der Waals surface area contributed by atoms with Crippen LogP contribution in [0.15, 0.2) is 18.2 Å². The molecule has 1 aromatic carbocycles. The van der Waals surface area contributed by atoms with Crippen LogP contribution < -0.4 is 10.5 Å². The Morgan fingerprint density at radius 2 is 1.94 bits per heavy atom. The zero-order chi connectivity index (χ0) is 11.8. The van der Waals surface area contributed by atoms with Gasteiger partial charge < -0.3 is 10.5 Å². The highest BCUT2D eigenvalue weighted by atomic mass is 35.5. The van der Waals surface area contributed by atoms with Crippen molar-refractivity contribution in [3.63, 3.8) is 0 Å². The van der Waals surface area contributed by atoms with E-state index in [9.17, 15) is 0 Å². The van der Waals surface area contributed by atoms with Gasteiger partial charge in [0.25, 0.3) is 0 Å². The van der Waals surface area contributed by atoms with Gasteiger partial charge in [-0.15, -0.1) is 0 Å². The largest absolute Gasteiger partial charge is 0.497 e. The topological polar surface area (TPSA) is 35.2 Å². The second-order valence-corrected chi connectivity index (χ2v) is 4.32. The zero-order valence-corrected chi connectivity index (χ0v) is 10.6. The molecule has 2 N–H and O–H groups in total. The van der Waals surface area contributed by atoms with Crippen molar-refractivity contribution >= 4 is 11.6 Å². The minimum atomic E-state index is 0.795. The summed E-state index contributed by atoms with van der Waals surface area (Å²) >= 11 is 6.15. The van der Waals surface area contributed by atoms with Gasteiger partial charge >= 0.3 is 0 Å². The maximum Gasteiger partial charge on any atom is 0.120 e. The van der Waals surface area contributed by atoms with Crippen LogP contribution in [0.5, 0.6) is 5.75 Å². The maximum atomic E-state index is 6.15.